The molecule has 2 aliphatic rings. The summed E-state index contributed by atoms with van der Waals surface area (Å²) in [6.45, 7) is 3.23. The first-order chi connectivity index (χ1) is 13.2. The Bertz CT molecular complexity index is 824. The van der Waals surface area contributed by atoms with Crippen LogP contribution < -0.4 is 0 Å². The molecule has 1 fully saturated rings. The van der Waals surface area contributed by atoms with E-state index < -0.39 is 0 Å². The van der Waals surface area contributed by atoms with Crippen molar-refractivity contribution in [1.29, 1.82) is 0 Å². The Morgan fingerprint density at radius 2 is 1.70 bits per heavy atom. The summed E-state index contributed by atoms with van der Waals surface area (Å²) < 4.78 is 13.1. The van der Waals surface area contributed by atoms with Gasteiger partial charge in [0, 0.05) is 24.7 Å². The van der Waals surface area contributed by atoms with E-state index in [-0.39, 0.29) is 5.82 Å². The number of guanidine groups is 1. The van der Waals surface area contributed by atoms with Crippen LogP contribution in [0.5, 0.6) is 0 Å². The van der Waals surface area contributed by atoms with E-state index in [1.165, 1.54) is 11.1 Å². The van der Waals surface area contributed by atoms with Crippen LogP contribution in [0.25, 0.3) is 0 Å². The third-order valence-electron chi connectivity index (χ3n) is 5.15. The molecule has 2 heterocycles. The zero-order valence-corrected chi connectivity index (χ0v) is 15.8. The minimum Gasteiger partial charge on any atom is -0.341 e. The minimum atomic E-state index is -0.176. The summed E-state index contributed by atoms with van der Waals surface area (Å²) in [6, 6.07) is 14.8. The fraction of sp³-hybridized carbons (Fsp3) is 0.333. The van der Waals surface area contributed by atoms with Gasteiger partial charge in [0.2, 0.25) is 5.96 Å². The zero-order chi connectivity index (χ0) is 18.6. The van der Waals surface area contributed by atoms with Crippen LogP contribution in [0.1, 0.15) is 29.9 Å². The molecular formula is C21H22ClFN4. The molecule has 0 amide bonds. The van der Waals surface area contributed by atoms with Crippen LogP contribution in [0.2, 0.25) is 5.02 Å². The fourth-order valence-corrected chi connectivity index (χ4v) is 3.74. The Hall–Kier alpha value is -2.40. The van der Waals surface area contributed by atoms with E-state index >= 15 is 0 Å². The fourth-order valence-electron chi connectivity index (χ4n) is 3.61. The lowest BCUT2D eigenvalue weighted by Crippen LogP contribution is -2.40. The smallest absolute Gasteiger partial charge is 0.223 e. The minimum absolute atomic E-state index is 0.176. The van der Waals surface area contributed by atoms with Crippen molar-refractivity contribution in [2.24, 2.45) is 9.98 Å². The third-order valence-corrected chi connectivity index (χ3v) is 5.40. The lowest BCUT2D eigenvalue weighted by Gasteiger charge is -2.34. The second-order valence-electron chi connectivity index (χ2n) is 7.03. The normalized spacial score (nSPS) is 17.9. The Balaban J connectivity index is 1.29. The SMILES string of the molecule is Fc1ccc(C2CCN(C3=NCN(Cc4ccc(Cl)cc4)C=N3)CC2)cc1. The molecule has 0 bridgehead atoms. The predicted molar refractivity (Wildman–Crippen MR) is 108 cm³/mol. The molecule has 4 rings (SSSR count). The molecule has 0 radical (unpaired) electrons. The molecule has 2 aromatic carbocycles. The standard InChI is InChI=1S/C21H22ClFN4/c22-19-5-1-16(2-6-19)13-26-14-24-21(25-15-26)27-11-9-18(10-12-27)17-3-7-20(23)8-4-17/h1-8,14,18H,9-13,15H2. The molecule has 0 unspecified atom stereocenters. The number of likely N-dealkylation sites (tertiary alicyclic amines) is 1. The summed E-state index contributed by atoms with van der Waals surface area (Å²) in [5, 5.41) is 0.746. The van der Waals surface area contributed by atoms with Crippen molar-refractivity contribution in [3.05, 3.63) is 70.5 Å². The second kappa shape index (κ2) is 8.09. The summed E-state index contributed by atoms with van der Waals surface area (Å²) >= 11 is 5.93. The summed E-state index contributed by atoms with van der Waals surface area (Å²) in [4.78, 5) is 13.5. The zero-order valence-electron chi connectivity index (χ0n) is 15.1. The largest absolute Gasteiger partial charge is 0.341 e. The van der Waals surface area contributed by atoms with Crippen LogP contribution in [0.3, 0.4) is 0 Å². The molecule has 140 valence electrons. The molecule has 1 saturated heterocycles. The highest BCUT2D eigenvalue weighted by atomic mass is 35.5. The monoisotopic (exact) mass is 384 g/mol. The topological polar surface area (TPSA) is 31.2 Å². The van der Waals surface area contributed by atoms with Gasteiger partial charge in [-0.15, -0.1) is 0 Å². The van der Waals surface area contributed by atoms with Crippen molar-refractivity contribution in [3.63, 3.8) is 0 Å². The van der Waals surface area contributed by atoms with Crippen molar-refractivity contribution in [1.82, 2.24) is 9.80 Å². The van der Waals surface area contributed by atoms with Gasteiger partial charge in [0.15, 0.2) is 0 Å². The van der Waals surface area contributed by atoms with Crippen molar-refractivity contribution in [3.8, 4) is 0 Å². The van der Waals surface area contributed by atoms with Gasteiger partial charge in [-0.2, -0.15) is 0 Å². The number of hydrogen-bond donors (Lipinski definition) is 0. The average molecular weight is 385 g/mol. The Morgan fingerprint density at radius 1 is 1.00 bits per heavy atom. The molecule has 0 aromatic heterocycles. The van der Waals surface area contributed by atoms with Gasteiger partial charge in [0.05, 0.1) is 6.34 Å². The van der Waals surface area contributed by atoms with Crippen molar-refractivity contribution in [2.75, 3.05) is 19.8 Å². The van der Waals surface area contributed by atoms with Crippen molar-refractivity contribution >= 4 is 23.9 Å². The van der Waals surface area contributed by atoms with Gasteiger partial charge in [-0.05, 0) is 54.2 Å². The first kappa shape index (κ1) is 18.0. The lowest BCUT2D eigenvalue weighted by molar-refractivity contribution is 0.305. The molecule has 6 heteroatoms. The maximum Gasteiger partial charge on any atom is 0.223 e. The summed E-state index contributed by atoms with van der Waals surface area (Å²) in [6.07, 6.45) is 3.95. The summed E-state index contributed by atoms with van der Waals surface area (Å²) in [7, 11) is 0. The van der Waals surface area contributed by atoms with Gasteiger partial charge in [0.1, 0.15) is 12.5 Å². The average Bonchev–Trinajstić information content (AvgIpc) is 2.71. The van der Waals surface area contributed by atoms with E-state index in [9.17, 15) is 4.39 Å². The van der Waals surface area contributed by atoms with E-state index in [4.69, 9.17) is 11.6 Å². The van der Waals surface area contributed by atoms with Gasteiger partial charge in [-0.3, -0.25) is 0 Å². The van der Waals surface area contributed by atoms with Crippen LogP contribution >= 0.6 is 11.6 Å². The maximum absolute atomic E-state index is 13.1. The molecule has 0 aliphatic carbocycles. The number of halogens is 2. The molecule has 2 aromatic rings. The molecule has 4 nitrogen and oxygen atoms in total. The van der Waals surface area contributed by atoms with Gasteiger partial charge in [-0.25, -0.2) is 14.4 Å². The third kappa shape index (κ3) is 4.48. The highest BCUT2D eigenvalue weighted by Gasteiger charge is 2.23. The second-order valence-corrected chi connectivity index (χ2v) is 7.47. The van der Waals surface area contributed by atoms with E-state index in [0.717, 1.165) is 43.5 Å². The van der Waals surface area contributed by atoms with Crippen molar-refractivity contribution in [2.45, 2.75) is 25.3 Å². The summed E-state index contributed by atoms with van der Waals surface area (Å²) in [5.41, 5.74) is 2.41. The van der Waals surface area contributed by atoms with E-state index in [1.54, 1.807) is 12.1 Å². The number of rotatable bonds is 3. The number of piperidine rings is 1. The van der Waals surface area contributed by atoms with Crippen LogP contribution in [0.15, 0.2) is 58.5 Å². The number of hydrogen-bond acceptors (Lipinski definition) is 4. The molecule has 2 aliphatic heterocycles. The van der Waals surface area contributed by atoms with Gasteiger partial charge in [0.25, 0.3) is 0 Å². The Labute approximate surface area is 164 Å². The highest BCUT2D eigenvalue weighted by Crippen LogP contribution is 2.28. The maximum atomic E-state index is 13.1. The predicted octanol–water partition coefficient (Wildman–Crippen LogP) is 4.52. The quantitative estimate of drug-likeness (QED) is 0.779. The Morgan fingerprint density at radius 3 is 2.33 bits per heavy atom. The number of benzene rings is 2. The number of nitrogens with zero attached hydrogens (tertiary/aromatic N) is 4. The molecule has 27 heavy (non-hydrogen) atoms. The van der Waals surface area contributed by atoms with E-state index in [2.05, 4.69) is 19.8 Å². The molecule has 0 spiro atoms. The molecule has 0 N–H and O–H groups in total. The van der Waals surface area contributed by atoms with Gasteiger partial charge >= 0.3 is 0 Å². The number of aliphatic imine (C=N–C) groups is 2. The van der Waals surface area contributed by atoms with Crippen LogP contribution in [-0.4, -0.2) is 41.9 Å². The van der Waals surface area contributed by atoms with Crippen molar-refractivity contribution < 1.29 is 4.39 Å². The lowest BCUT2D eigenvalue weighted by atomic mass is 9.89. The van der Waals surface area contributed by atoms with Gasteiger partial charge in [-0.1, -0.05) is 35.9 Å². The highest BCUT2D eigenvalue weighted by molar-refractivity contribution is 6.30. The molecule has 0 saturated carbocycles. The first-order valence-electron chi connectivity index (χ1n) is 9.25. The van der Waals surface area contributed by atoms with Crippen LogP contribution in [0, 0.1) is 5.82 Å². The first-order valence-corrected chi connectivity index (χ1v) is 9.63. The molecule has 0 atom stereocenters. The summed E-state index contributed by atoms with van der Waals surface area (Å²) in [5.74, 6) is 1.13. The molecular weight excluding hydrogens is 363 g/mol. The van der Waals surface area contributed by atoms with E-state index in [0.29, 0.717) is 12.6 Å². The Kier molecular flexibility index (Phi) is 5.39. The van der Waals surface area contributed by atoms with Crippen LogP contribution in [-0.2, 0) is 6.54 Å². The van der Waals surface area contributed by atoms with E-state index in [1.807, 2.05) is 42.7 Å². The van der Waals surface area contributed by atoms with Gasteiger partial charge < -0.3 is 9.80 Å². The van der Waals surface area contributed by atoms with Crippen LogP contribution in [0.4, 0.5) is 4.39 Å².